The quantitative estimate of drug-likeness (QED) is 0.811. The first-order chi connectivity index (χ1) is 8.83. The molecule has 0 atom stereocenters. The van der Waals surface area contributed by atoms with E-state index in [-0.39, 0.29) is 0 Å². The van der Waals surface area contributed by atoms with Gasteiger partial charge in [0.25, 0.3) is 0 Å². The fourth-order valence-electron chi connectivity index (χ4n) is 1.65. The van der Waals surface area contributed by atoms with Crippen molar-refractivity contribution in [1.29, 1.82) is 0 Å². The molecule has 0 bridgehead atoms. The van der Waals surface area contributed by atoms with Crippen molar-refractivity contribution in [2.24, 2.45) is 0 Å². The first kappa shape index (κ1) is 13.1. The highest BCUT2D eigenvalue weighted by Gasteiger charge is 2.04. The van der Waals surface area contributed by atoms with Gasteiger partial charge in [0.1, 0.15) is 10.8 Å². The van der Waals surface area contributed by atoms with Crippen LogP contribution in [0.15, 0.2) is 30.5 Å². The molecule has 2 aromatic rings. The summed E-state index contributed by atoms with van der Waals surface area (Å²) in [7, 11) is 1.68. The number of benzene rings is 1. The van der Waals surface area contributed by atoms with Crippen LogP contribution in [0.3, 0.4) is 0 Å². The van der Waals surface area contributed by atoms with E-state index in [9.17, 15) is 0 Å². The Kier molecular flexibility index (Phi) is 4.73. The molecule has 0 saturated carbocycles. The second kappa shape index (κ2) is 6.52. The molecule has 0 amide bonds. The van der Waals surface area contributed by atoms with Gasteiger partial charge >= 0.3 is 0 Å². The lowest BCUT2D eigenvalue weighted by molar-refractivity contribution is 0.415. The van der Waals surface area contributed by atoms with E-state index in [0.29, 0.717) is 0 Å². The summed E-state index contributed by atoms with van der Waals surface area (Å²) < 4.78 is 5.15. The third-order valence-electron chi connectivity index (χ3n) is 2.63. The average Bonchev–Trinajstić information content (AvgIpc) is 2.88. The summed E-state index contributed by atoms with van der Waals surface area (Å²) in [4.78, 5) is 5.63. The van der Waals surface area contributed by atoms with Crippen molar-refractivity contribution < 1.29 is 4.74 Å². The number of hydrogen-bond acceptors (Lipinski definition) is 4. The zero-order valence-corrected chi connectivity index (χ0v) is 11.6. The number of rotatable bonds is 6. The molecule has 0 aliphatic rings. The van der Waals surface area contributed by atoms with Gasteiger partial charge in [-0.15, -0.1) is 11.3 Å². The van der Waals surface area contributed by atoms with Gasteiger partial charge in [-0.05, 0) is 42.8 Å². The highest BCUT2D eigenvalue weighted by Crippen LogP contribution is 2.27. The third kappa shape index (κ3) is 3.31. The van der Waals surface area contributed by atoms with Crippen molar-refractivity contribution >= 4 is 11.3 Å². The number of nitrogens with zero attached hydrogens (tertiary/aromatic N) is 1. The van der Waals surface area contributed by atoms with Gasteiger partial charge in [-0.3, -0.25) is 0 Å². The Morgan fingerprint density at radius 2 is 2.06 bits per heavy atom. The number of aromatic nitrogens is 1. The van der Waals surface area contributed by atoms with Crippen LogP contribution in [0.1, 0.15) is 18.4 Å². The van der Waals surface area contributed by atoms with Crippen molar-refractivity contribution in [3.63, 3.8) is 0 Å². The number of thiazole rings is 1. The molecule has 0 aliphatic heterocycles. The molecular formula is C14H18N2OS. The van der Waals surface area contributed by atoms with E-state index in [2.05, 4.69) is 29.4 Å². The van der Waals surface area contributed by atoms with Crippen LogP contribution in [-0.4, -0.2) is 18.6 Å². The van der Waals surface area contributed by atoms with Crippen molar-refractivity contribution in [2.45, 2.75) is 19.9 Å². The van der Waals surface area contributed by atoms with E-state index in [1.54, 1.807) is 18.4 Å². The van der Waals surface area contributed by atoms with E-state index in [1.165, 1.54) is 10.4 Å². The van der Waals surface area contributed by atoms with Gasteiger partial charge in [-0.25, -0.2) is 4.98 Å². The largest absolute Gasteiger partial charge is 0.497 e. The van der Waals surface area contributed by atoms with Crippen LogP contribution >= 0.6 is 11.3 Å². The van der Waals surface area contributed by atoms with Gasteiger partial charge in [0.2, 0.25) is 0 Å². The molecule has 0 radical (unpaired) electrons. The predicted molar refractivity (Wildman–Crippen MR) is 76.1 cm³/mol. The normalized spacial score (nSPS) is 10.6. The molecule has 0 fully saturated rings. The van der Waals surface area contributed by atoms with Gasteiger partial charge < -0.3 is 10.1 Å². The predicted octanol–water partition coefficient (Wildman–Crippen LogP) is 3.32. The minimum Gasteiger partial charge on any atom is -0.497 e. The van der Waals surface area contributed by atoms with Crippen molar-refractivity contribution in [3.8, 4) is 16.2 Å². The Labute approximate surface area is 112 Å². The molecule has 2 rings (SSSR count). The first-order valence-electron chi connectivity index (χ1n) is 6.13. The summed E-state index contributed by atoms with van der Waals surface area (Å²) in [5, 5.41) is 4.50. The summed E-state index contributed by atoms with van der Waals surface area (Å²) >= 11 is 1.74. The number of ether oxygens (including phenoxy) is 1. The van der Waals surface area contributed by atoms with Gasteiger partial charge in [0, 0.05) is 12.7 Å². The number of nitrogens with one attached hydrogen (secondary N) is 1. The van der Waals surface area contributed by atoms with Crippen LogP contribution in [0.25, 0.3) is 10.4 Å². The molecule has 1 aromatic heterocycles. The van der Waals surface area contributed by atoms with Gasteiger partial charge in [-0.1, -0.05) is 6.92 Å². The summed E-state index contributed by atoms with van der Waals surface area (Å²) in [6.07, 6.45) is 3.09. The Morgan fingerprint density at radius 1 is 1.28 bits per heavy atom. The highest BCUT2D eigenvalue weighted by atomic mass is 32.1. The molecule has 1 N–H and O–H groups in total. The molecule has 96 valence electrons. The average molecular weight is 262 g/mol. The SMILES string of the molecule is CCCNCc1ncc(-c2ccc(OC)cc2)s1. The summed E-state index contributed by atoms with van der Waals surface area (Å²) in [6, 6.07) is 8.08. The lowest BCUT2D eigenvalue weighted by atomic mass is 10.2. The molecule has 0 unspecified atom stereocenters. The van der Waals surface area contributed by atoms with Crippen LogP contribution in [0.5, 0.6) is 5.75 Å². The number of hydrogen-bond donors (Lipinski definition) is 1. The Morgan fingerprint density at radius 3 is 2.72 bits per heavy atom. The summed E-state index contributed by atoms with van der Waals surface area (Å²) in [5.41, 5.74) is 1.19. The highest BCUT2D eigenvalue weighted by molar-refractivity contribution is 7.15. The van der Waals surface area contributed by atoms with Crippen LogP contribution < -0.4 is 10.1 Å². The minimum absolute atomic E-state index is 0.856. The number of methoxy groups -OCH3 is 1. The molecular weight excluding hydrogens is 244 g/mol. The molecule has 3 nitrogen and oxygen atoms in total. The van der Waals surface area contributed by atoms with E-state index in [1.807, 2.05) is 18.3 Å². The summed E-state index contributed by atoms with van der Waals surface area (Å²) in [5.74, 6) is 0.883. The Bertz CT molecular complexity index is 479. The standard InChI is InChI=1S/C14H18N2OS/c1-3-8-15-10-14-16-9-13(18-14)11-4-6-12(17-2)7-5-11/h4-7,9,15H,3,8,10H2,1-2H3. The maximum Gasteiger partial charge on any atom is 0.118 e. The monoisotopic (exact) mass is 262 g/mol. The van der Waals surface area contributed by atoms with E-state index in [4.69, 9.17) is 4.74 Å². The van der Waals surface area contributed by atoms with Crippen molar-refractivity contribution in [1.82, 2.24) is 10.3 Å². The van der Waals surface area contributed by atoms with Crippen LogP contribution in [0.2, 0.25) is 0 Å². The second-order valence-electron chi connectivity index (χ2n) is 4.02. The van der Waals surface area contributed by atoms with E-state index < -0.39 is 0 Å². The molecule has 0 saturated heterocycles. The molecule has 18 heavy (non-hydrogen) atoms. The van der Waals surface area contributed by atoms with Crippen molar-refractivity contribution in [3.05, 3.63) is 35.5 Å². The molecule has 0 spiro atoms. The lowest BCUT2D eigenvalue weighted by Crippen LogP contribution is -2.13. The minimum atomic E-state index is 0.856. The smallest absolute Gasteiger partial charge is 0.118 e. The van der Waals surface area contributed by atoms with Gasteiger partial charge in [0.05, 0.1) is 12.0 Å². The molecule has 0 aliphatic carbocycles. The maximum absolute atomic E-state index is 5.15. The third-order valence-corrected chi connectivity index (χ3v) is 3.68. The fraction of sp³-hybridized carbons (Fsp3) is 0.357. The van der Waals surface area contributed by atoms with E-state index >= 15 is 0 Å². The Balaban J connectivity index is 2.04. The summed E-state index contributed by atoms with van der Waals surface area (Å²) in [6.45, 7) is 4.06. The lowest BCUT2D eigenvalue weighted by Gasteiger charge is -2.00. The Hall–Kier alpha value is -1.39. The van der Waals surface area contributed by atoms with Crippen LogP contribution in [-0.2, 0) is 6.54 Å². The zero-order chi connectivity index (χ0) is 12.8. The van der Waals surface area contributed by atoms with Gasteiger partial charge in [-0.2, -0.15) is 0 Å². The second-order valence-corrected chi connectivity index (χ2v) is 5.14. The van der Waals surface area contributed by atoms with E-state index in [0.717, 1.165) is 30.3 Å². The molecule has 1 heterocycles. The van der Waals surface area contributed by atoms with Crippen LogP contribution in [0, 0.1) is 0 Å². The fourth-order valence-corrected chi connectivity index (χ4v) is 2.55. The zero-order valence-electron chi connectivity index (χ0n) is 10.8. The topological polar surface area (TPSA) is 34.2 Å². The van der Waals surface area contributed by atoms with Crippen molar-refractivity contribution in [2.75, 3.05) is 13.7 Å². The molecule has 1 aromatic carbocycles. The van der Waals surface area contributed by atoms with Crippen LogP contribution in [0.4, 0.5) is 0 Å². The maximum atomic E-state index is 5.15. The molecule has 4 heteroatoms. The van der Waals surface area contributed by atoms with Gasteiger partial charge in [0.15, 0.2) is 0 Å². The first-order valence-corrected chi connectivity index (χ1v) is 6.95.